The van der Waals surface area contributed by atoms with Crippen molar-refractivity contribution in [3.05, 3.63) is 35.4 Å². The minimum absolute atomic E-state index is 0.0924. The number of carbonyl (C=O) groups excluding carboxylic acids is 2. The van der Waals surface area contributed by atoms with Crippen LogP contribution >= 0.6 is 0 Å². The highest BCUT2D eigenvalue weighted by atomic mass is 16.4. The van der Waals surface area contributed by atoms with Gasteiger partial charge in [0, 0.05) is 26.7 Å². The zero-order valence-electron chi connectivity index (χ0n) is 14.9. The van der Waals surface area contributed by atoms with Gasteiger partial charge < -0.3 is 20.2 Å². The van der Waals surface area contributed by atoms with Gasteiger partial charge in [0.2, 0.25) is 5.91 Å². The van der Waals surface area contributed by atoms with Crippen molar-refractivity contribution in [2.75, 3.05) is 20.1 Å². The van der Waals surface area contributed by atoms with E-state index >= 15 is 0 Å². The Morgan fingerprint density at radius 2 is 2.00 bits per heavy atom. The number of nitrogens with one attached hydrogen (secondary N) is 1. The Balaban J connectivity index is 1.87. The first kappa shape index (κ1) is 18.8. The van der Waals surface area contributed by atoms with Gasteiger partial charge >= 0.3 is 12.0 Å². The molecule has 3 amide bonds. The maximum atomic E-state index is 12.5. The molecule has 1 saturated heterocycles. The smallest absolute Gasteiger partial charge is 0.317 e. The van der Waals surface area contributed by atoms with Crippen LogP contribution in [0.5, 0.6) is 0 Å². The number of carboxylic acid groups (broad SMARTS) is 1. The Morgan fingerprint density at radius 3 is 2.60 bits per heavy atom. The normalized spacial score (nSPS) is 18.1. The molecule has 1 aliphatic rings. The van der Waals surface area contributed by atoms with Crippen LogP contribution in [-0.4, -0.2) is 59.0 Å². The lowest BCUT2D eigenvalue weighted by Gasteiger charge is -2.22. The average Bonchev–Trinajstić information content (AvgIpc) is 2.90. The van der Waals surface area contributed by atoms with E-state index in [1.165, 1.54) is 24.4 Å². The van der Waals surface area contributed by atoms with Gasteiger partial charge in [0.15, 0.2) is 0 Å². The molecule has 136 valence electrons. The number of benzene rings is 1. The predicted octanol–water partition coefficient (Wildman–Crippen LogP) is 1.46. The maximum Gasteiger partial charge on any atom is 0.317 e. The summed E-state index contributed by atoms with van der Waals surface area (Å²) in [7, 11) is 1.53. The Kier molecular flexibility index (Phi) is 6.01. The number of aliphatic carboxylic acids is 1. The predicted molar refractivity (Wildman–Crippen MR) is 93.0 cm³/mol. The topological polar surface area (TPSA) is 90.0 Å². The lowest BCUT2D eigenvalue weighted by Crippen LogP contribution is -2.48. The molecule has 1 heterocycles. The first-order valence-corrected chi connectivity index (χ1v) is 8.36. The van der Waals surface area contributed by atoms with Crippen molar-refractivity contribution in [3.63, 3.8) is 0 Å². The molecule has 0 radical (unpaired) electrons. The fourth-order valence-corrected chi connectivity index (χ4v) is 2.77. The van der Waals surface area contributed by atoms with Crippen molar-refractivity contribution in [2.45, 2.75) is 32.9 Å². The summed E-state index contributed by atoms with van der Waals surface area (Å²) in [5.74, 6) is -1.72. The van der Waals surface area contributed by atoms with Gasteiger partial charge in [-0.1, -0.05) is 36.8 Å². The summed E-state index contributed by atoms with van der Waals surface area (Å²) in [6.07, 6.45) is 0.554. The number of hydrogen-bond acceptors (Lipinski definition) is 3. The fourth-order valence-electron chi connectivity index (χ4n) is 2.77. The summed E-state index contributed by atoms with van der Waals surface area (Å²) in [6, 6.07) is 7.02. The van der Waals surface area contributed by atoms with Crippen molar-refractivity contribution >= 4 is 17.9 Å². The SMILES string of the molecule is Cc1ccc(CN2CCC(NC(=O)N(C)CC(C)C(=O)O)C2=O)cc1. The summed E-state index contributed by atoms with van der Waals surface area (Å²) in [6.45, 7) is 4.76. The minimum Gasteiger partial charge on any atom is -0.481 e. The van der Waals surface area contributed by atoms with Crippen LogP contribution in [0.2, 0.25) is 0 Å². The van der Waals surface area contributed by atoms with E-state index in [0.29, 0.717) is 19.5 Å². The first-order valence-electron chi connectivity index (χ1n) is 8.36. The fraction of sp³-hybridized carbons (Fsp3) is 0.500. The molecule has 7 heteroatoms. The zero-order valence-corrected chi connectivity index (χ0v) is 14.9. The second kappa shape index (κ2) is 8.00. The van der Waals surface area contributed by atoms with Crippen molar-refractivity contribution in [3.8, 4) is 0 Å². The Bertz CT molecular complexity index is 644. The molecule has 2 unspecified atom stereocenters. The van der Waals surface area contributed by atoms with E-state index in [-0.39, 0.29) is 12.5 Å². The Morgan fingerprint density at radius 1 is 1.36 bits per heavy atom. The number of aryl methyl sites for hydroxylation is 1. The molecule has 2 rings (SSSR count). The summed E-state index contributed by atoms with van der Waals surface area (Å²) in [5.41, 5.74) is 2.22. The molecule has 2 N–H and O–H groups in total. The van der Waals surface area contributed by atoms with Crippen molar-refractivity contribution in [2.24, 2.45) is 5.92 Å². The number of carbonyl (C=O) groups is 3. The number of nitrogens with zero attached hydrogens (tertiary/aromatic N) is 2. The summed E-state index contributed by atoms with van der Waals surface area (Å²) in [5, 5.41) is 11.6. The molecule has 0 aromatic heterocycles. The lowest BCUT2D eigenvalue weighted by molar-refractivity contribution is -0.141. The van der Waals surface area contributed by atoms with E-state index < -0.39 is 24.0 Å². The molecule has 0 bridgehead atoms. The van der Waals surface area contributed by atoms with Gasteiger partial charge in [-0.15, -0.1) is 0 Å². The molecule has 1 fully saturated rings. The van der Waals surface area contributed by atoms with Gasteiger partial charge in [0.25, 0.3) is 0 Å². The van der Waals surface area contributed by atoms with Gasteiger partial charge in [-0.3, -0.25) is 9.59 Å². The second-order valence-corrected chi connectivity index (χ2v) is 6.66. The van der Waals surface area contributed by atoms with Crippen molar-refractivity contribution in [1.29, 1.82) is 0 Å². The number of likely N-dealkylation sites (tertiary alicyclic amines) is 1. The molecule has 2 atom stereocenters. The van der Waals surface area contributed by atoms with Crippen LogP contribution in [0.3, 0.4) is 0 Å². The van der Waals surface area contributed by atoms with Gasteiger partial charge in [0.1, 0.15) is 6.04 Å². The molecular weight excluding hydrogens is 322 g/mol. The van der Waals surface area contributed by atoms with Gasteiger partial charge in [-0.05, 0) is 18.9 Å². The number of rotatable bonds is 6. The van der Waals surface area contributed by atoms with Crippen LogP contribution in [0.15, 0.2) is 24.3 Å². The lowest BCUT2D eigenvalue weighted by atomic mass is 10.1. The van der Waals surface area contributed by atoms with Crippen LogP contribution in [0.25, 0.3) is 0 Å². The van der Waals surface area contributed by atoms with E-state index in [1.807, 2.05) is 31.2 Å². The van der Waals surface area contributed by atoms with Gasteiger partial charge in [-0.25, -0.2) is 4.79 Å². The molecule has 1 aromatic rings. The van der Waals surface area contributed by atoms with Crippen LogP contribution in [0, 0.1) is 12.8 Å². The molecule has 1 aromatic carbocycles. The van der Waals surface area contributed by atoms with E-state index in [1.54, 1.807) is 4.90 Å². The monoisotopic (exact) mass is 347 g/mol. The molecule has 1 aliphatic heterocycles. The molecule has 25 heavy (non-hydrogen) atoms. The summed E-state index contributed by atoms with van der Waals surface area (Å²) in [4.78, 5) is 38.5. The summed E-state index contributed by atoms with van der Waals surface area (Å²) < 4.78 is 0. The molecular formula is C18H25N3O4. The molecule has 0 saturated carbocycles. The number of hydrogen-bond donors (Lipinski definition) is 2. The van der Waals surface area contributed by atoms with Crippen molar-refractivity contribution in [1.82, 2.24) is 15.1 Å². The third kappa shape index (κ3) is 4.95. The van der Waals surface area contributed by atoms with Crippen LogP contribution < -0.4 is 5.32 Å². The largest absolute Gasteiger partial charge is 0.481 e. The van der Waals surface area contributed by atoms with E-state index in [9.17, 15) is 14.4 Å². The Hall–Kier alpha value is -2.57. The quantitative estimate of drug-likeness (QED) is 0.815. The molecule has 0 aliphatic carbocycles. The highest BCUT2D eigenvalue weighted by Gasteiger charge is 2.33. The maximum absolute atomic E-state index is 12.5. The third-order valence-corrected chi connectivity index (χ3v) is 4.41. The summed E-state index contributed by atoms with van der Waals surface area (Å²) >= 11 is 0. The average molecular weight is 347 g/mol. The van der Waals surface area contributed by atoms with Gasteiger partial charge in [0.05, 0.1) is 5.92 Å². The highest BCUT2D eigenvalue weighted by Crippen LogP contribution is 2.16. The van der Waals surface area contributed by atoms with Gasteiger partial charge in [-0.2, -0.15) is 0 Å². The van der Waals surface area contributed by atoms with Crippen LogP contribution in [0.1, 0.15) is 24.5 Å². The minimum atomic E-state index is -0.958. The first-order chi connectivity index (χ1) is 11.8. The Labute approximate surface area is 147 Å². The van der Waals surface area contributed by atoms with E-state index in [2.05, 4.69) is 5.32 Å². The number of amides is 3. The van der Waals surface area contributed by atoms with E-state index in [4.69, 9.17) is 5.11 Å². The zero-order chi connectivity index (χ0) is 18.6. The standard InChI is InChI=1S/C18H25N3O4/c1-12-4-6-14(7-5-12)11-21-9-8-15(16(21)22)19-18(25)20(3)10-13(2)17(23)24/h4-7,13,15H,8-11H2,1-3H3,(H,19,25)(H,23,24). The number of urea groups is 1. The van der Waals surface area contributed by atoms with Crippen LogP contribution in [0.4, 0.5) is 4.79 Å². The third-order valence-electron chi connectivity index (χ3n) is 4.41. The second-order valence-electron chi connectivity index (χ2n) is 6.66. The molecule has 0 spiro atoms. The van der Waals surface area contributed by atoms with Crippen LogP contribution in [-0.2, 0) is 16.1 Å². The van der Waals surface area contributed by atoms with Crippen molar-refractivity contribution < 1.29 is 19.5 Å². The number of carboxylic acids is 1. The van der Waals surface area contributed by atoms with E-state index in [0.717, 1.165) is 5.56 Å². The molecule has 7 nitrogen and oxygen atoms in total. The highest BCUT2D eigenvalue weighted by molar-refractivity contribution is 5.88.